The number of rotatable bonds is 3. The zero-order valence-electron chi connectivity index (χ0n) is 9.86. The molecule has 4 atom stereocenters. The highest BCUT2D eigenvalue weighted by atomic mass is 32.1. The van der Waals surface area contributed by atoms with E-state index in [1.54, 1.807) is 11.3 Å². The molecular formula is C13H21NS. The van der Waals surface area contributed by atoms with Crippen LogP contribution in [0.15, 0.2) is 16.8 Å². The molecule has 0 aromatic carbocycles. The van der Waals surface area contributed by atoms with Crippen LogP contribution < -0.4 is 5.32 Å². The Morgan fingerprint density at radius 1 is 1.40 bits per heavy atom. The van der Waals surface area contributed by atoms with Gasteiger partial charge < -0.3 is 5.32 Å². The fourth-order valence-corrected chi connectivity index (χ4v) is 3.29. The van der Waals surface area contributed by atoms with Crippen LogP contribution >= 0.6 is 11.3 Å². The van der Waals surface area contributed by atoms with E-state index in [1.165, 1.54) is 18.4 Å². The third-order valence-corrected chi connectivity index (χ3v) is 4.67. The molecule has 1 saturated carbocycles. The van der Waals surface area contributed by atoms with Crippen LogP contribution in [0.5, 0.6) is 0 Å². The Morgan fingerprint density at radius 2 is 2.20 bits per heavy atom. The molecule has 2 heteroatoms. The van der Waals surface area contributed by atoms with E-state index in [0.29, 0.717) is 6.04 Å². The van der Waals surface area contributed by atoms with Crippen molar-refractivity contribution in [3.05, 3.63) is 22.4 Å². The Kier molecular flexibility index (Phi) is 3.47. The van der Waals surface area contributed by atoms with Crippen LogP contribution in [0.4, 0.5) is 0 Å². The lowest BCUT2D eigenvalue weighted by Crippen LogP contribution is -2.34. The summed E-state index contributed by atoms with van der Waals surface area (Å²) in [6.07, 6.45) is 2.73. The van der Waals surface area contributed by atoms with Crippen LogP contribution in [0.1, 0.15) is 45.2 Å². The minimum absolute atomic E-state index is 0.508. The van der Waals surface area contributed by atoms with E-state index >= 15 is 0 Å². The molecular weight excluding hydrogens is 202 g/mol. The summed E-state index contributed by atoms with van der Waals surface area (Å²) in [5.41, 5.74) is 1.44. The predicted octanol–water partition coefficient (Wildman–Crippen LogP) is 3.83. The fraction of sp³-hybridized carbons (Fsp3) is 0.692. The molecule has 0 aliphatic heterocycles. The number of nitrogens with one attached hydrogen (secondary N) is 1. The highest BCUT2D eigenvalue weighted by Crippen LogP contribution is 2.32. The van der Waals surface area contributed by atoms with Gasteiger partial charge in [-0.15, -0.1) is 0 Å². The van der Waals surface area contributed by atoms with Crippen molar-refractivity contribution in [1.29, 1.82) is 0 Å². The second kappa shape index (κ2) is 4.67. The van der Waals surface area contributed by atoms with Gasteiger partial charge in [0.1, 0.15) is 0 Å². The Morgan fingerprint density at radius 3 is 2.73 bits per heavy atom. The maximum Gasteiger partial charge on any atom is 0.0302 e. The van der Waals surface area contributed by atoms with E-state index in [1.807, 2.05) is 0 Å². The average Bonchev–Trinajstić information content (AvgIpc) is 2.83. The van der Waals surface area contributed by atoms with E-state index in [4.69, 9.17) is 0 Å². The molecule has 1 aromatic rings. The molecule has 1 aromatic heterocycles. The van der Waals surface area contributed by atoms with Gasteiger partial charge in [-0.2, -0.15) is 11.3 Å². The summed E-state index contributed by atoms with van der Waals surface area (Å²) in [7, 11) is 0. The zero-order valence-corrected chi connectivity index (χ0v) is 10.7. The standard InChI is InChI=1S/C13H21NS/c1-9-4-5-13(10(9)2)14-11(3)12-6-7-15-8-12/h6-11,13-14H,4-5H2,1-3H3. The number of hydrogen-bond acceptors (Lipinski definition) is 2. The van der Waals surface area contributed by atoms with Crippen LogP contribution in [0, 0.1) is 11.8 Å². The zero-order chi connectivity index (χ0) is 10.8. The van der Waals surface area contributed by atoms with Gasteiger partial charge in [-0.05, 0) is 54.0 Å². The number of thiophene rings is 1. The van der Waals surface area contributed by atoms with E-state index in [-0.39, 0.29) is 0 Å². The Balaban J connectivity index is 1.92. The van der Waals surface area contributed by atoms with Crippen molar-refractivity contribution in [1.82, 2.24) is 5.32 Å². The molecule has 84 valence electrons. The van der Waals surface area contributed by atoms with Crippen molar-refractivity contribution in [3.8, 4) is 0 Å². The molecule has 1 heterocycles. The Labute approximate surface area is 96.9 Å². The highest BCUT2D eigenvalue weighted by molar-refractivity contribution is 7.07. The lowest BCUT2D eigenvalue weighted by molar-refractivity contribution is 0.347. The summed E-state index contributed by atoms with van der Waals surface area (Å²) in [5, 5.41) is 8.18. The highest BCUT2D eigenvalue weighted by Gasteiger charge is 2.30. The van der Waals surface area contributed by atoms with Gasteiger partial charge in [0.05, 0.1) is 0 Å². The fourth-order valence-electron chi connectivity index (χ4n) is 2.54. The van der Waals surface area contributed by atoms with Crippen LogP contribution in [0.3, 0.4) is 0 Å². The molecule has 1 aliphatic carbocycles. The molecule has 1 fully saturated rings. The second-order valence-corrected chi connectivity index (χ2v) is 5.75. The van der Waals surface area contributed by atoms with Crippen molar-refractivity contribution < 1.29 is 0 Å². The van der Waals surface area contributed by atoms with Gasteiger partial charge in [-0.3, -0.25) is 0 Å². The summed E-state index contributed by atoms with van der Waals surface area (Å²) >= 11 is 1.79. The van der Waals surface area contributed by atoms with Gasteiger partial charge in [0.2, 0.25) is 0 Å². The average molecular weight is 223 g/mol. The quantitative estimate of drug-likeness (QED) is 0.821. The predicted molar refractivity (Wildman–Crippen MR) is 67.2 cm³/mol. The van der Waals surface area contributed by atoms with Crippen LogP contribution in [0.2, 0.25) is 0 Å². The van der Waals surface area contributed by atoms with E-state index < -0.39 is 0 Å². The van der Waals surface area contributed by atoms with Crippen molar-refractivity contribution in [2.45, 2.75) is 45.7 Å². The third-order valence-electron chi connectivity index (χ3n) is 3.97. The maximum absolute atomic E-state index is 3.77. The van der Waals surface area contributed by atoms with Gasteiger partial charge in [0.15, 0.2) is 0 Å². The molecule has 4 unspecified atom stereocenters. The molecule has 1 N–H and O–H groups in total. The summed E-state index contributed by atoms with van der Waals surface area (Å²) in [6.45, 7) is 7.04. The molecule has 0 radical (unpaired) electrons. The monoisotopic (exact) mass is 223 g/mol. The van der Waals surface area contributed by atoms with Crippen molar-refractivity contribution in [2.75, 3.05) is 0 Å². The molecule has 2 rings (SSSR count). The van der Waals surface area contributed by atoms with Crippen molar-refractivity contribution >= 4 is 11.3 Å². The molecule has 15 heavy (non-hydrogen) atoms. The summed E-state index contributed by atoms with van der Waals surface area (Å²) < 4.78 is 0. The Hall–Kier alpha value is -0.340. The van der Waals surface area contributed by atoms with Crippen LogP contribution in [-0.2, 0) is 0 Å². The molecule has 0 spiro atoms. The van der Waals surface area contributed by atoms with Gasteiger partial charge in [0, 0.05) is 12.1 Å². The minimum atomic E-state index is 0.508. The molecule has 0 amide bonds. The van der Waals surface area contributed by atoms with E-state index in [0.717, 1.165) is 17.9 Å². The smallest absolute Gasteiger partial charge is 0.0302 e. The van der Waals surface area contributed by atoms with Gasteiger partial charge in [-0.25, -0.2) is 0 Å². The summed E-state index contributed by atoms with van der Waals surface area (Å²) in [6, 6.07) is 3.45. The topological polar surface area (TPSA) is 12.0 Å². The molecule has 1 aliphatic rings. The second-order valence-electron chi connectivity index (χ2n) is 4.97. The van der Waals surface area contributed by atoms with Gasteiger partial charge >= 0.3 is 0 Å². The number of hydrogen-bond donors (Lipinski definition) is 1. The normalized spacial score (nSPS) is 33.1. The van der Waals surface area contributed by atoms with Crippen molar-refractivity contribution in [2.24, 2.45) is 11.8 Å². The molecule has 0 bridgehead atoms. The lowest BCUT2D eigenvalue weighted by Gasteiger charge is -2.23. The first-order valence-electron chi connectivity index (χ1n) is 5.96. The molecule has 0 saturated heterocycles. The largest absolute Gasteiger partial charge is 0.307 e. The first kappa shape index (κ1) is 11.2. The summed E-state index contributed by atoms with van der Waals surface area (Å²) in [5.74, 6) is 1.71. The van der Waals surface area contributed by atoms with Crippen molar-refractivity contribution in [3.63, 3.8) is 0 Å². The lowest BCUT2D eigenvalue weighted by atomic mass is 9.97. The van der Waals surface area contributed by atoms with Crippen LogP contribution in [0.25, 0.3) is 0 Å². The van der Waals surface area contributed by atoms with Gasteiger partial charge in [-0.1, -0.05) is 13.8 Å². The first-order valence-corrected chi connectivity index (χ1v) is 6.91. The van der Waals surface area contributed by atoms with Crippen LogP contribution in [-0.4, -0.2) is 6.04 Å². The molecule has 1 nitrogen and oxygen atoms in total. The van der Waals surface area contributed by atoms with E-state index in [2.05, 4.69) is 42.9 Å². The maximum atomic E-state index is 3.77. The minimum Gasteiger partial charge on any atom is -0.307 e. The third kappa shape index (κ3) is 2.43. The summed E-state index contributed by atoms with van der Waals surface area (Å²) in [4.78, 5) is 0. The first-order chi connectivity index (χ1) is 7.18. The van der Waals surface area contributed by atoms with Gasteiger partial charge in [0.25, 0.3) is 0 Å². The Bertz CT molecular complexity index is 293. The van der Waals surface area contributed by atoms with E-state index in [9.17, 15) is 0 Å². The SMILES string of the molecule is CC(NC1CCC(C)C1C)c1ccsc1.